The van der Waals surface area contributed by atoms with Crippen molar-refractivity contribution in [2.75, 3.05) is 5.32 Å². The SMILES string of the molecule is O=C(/C=C/c1ccco1)NC(=S)Nc1ccc(Cl)c(C(=O)O)c1. The quantitative estimate of drug-likeness (QED) is 0.579. The van der Waals surface area contributed by atoms with Gasteiger partial charge < -0.3 is 14.8 Å². The number of nitrogens with one attached hydrogen (secondary N) is 2. The Balaban J connectivity index is 1.95. The van der Waals surface area contributed by atoms with E-state index < -0.39 is 11.9 Å². The third-order valence-corrected chi connectivity index (χ3v) is 3.17. The van der Waals surface area contributed by atoms with E-state index in [0.717, 1.165) is 0 Å². The standard InChI is InChI=1S/C15H11ClN2O4S/c16-12-5-3-9(8-11(12)14(20)21)17-15(23)18-13(19)6-4-10-2-1-7-22-10/h1-8H,(H,20,21)(H2,17,18,19,23)/b6-4+. The highest BCUT2D eigenvalue weighted by Crippen LogP contribution is 2.20. The zero-order valence-electron chi connectivity index (χ0n) is 11.6. The summed E-state index contributed by atoms with van der Waals surface area (Å²) in [5.74, 6) is -1.08. The van der Waals surface area contributed by atoms with E-state index in [1.54, 1.807) is 18.2 Å². The molecule has 0 atom stereocenters. The molecule has 0 aliphatic rings. The van der Waals surface area contributed by atoms with E-state index in [9.17, 15) is 9.59 Å². The zero-order chi connectivity index (χ0) is 16.8. The topological polar surface area (TPSA) is 91.6 Å². The van der Waals surface area contributed by atoms with Crippen LogP contribution in [-0.4, -0.2) is 22.1 Å². The number of amides is 1. The summed E-state index contributed by atoms with van der Waals surface area (Å²) in [7, 11) is 0. The Kier molecular flexibility index (Phi) is 5.51. The van der Waals surface area contributed by atoms with Crippen molar-refractivity contribution in [1.82, 2.24) is 5.32 Å². The molecule has 0 saturated carbocycles. The van der Waals surface area contributed by atoms with Crippen LogP contribution in [0.1, 0.15) is 16.1 Å². The second-order valence-electron chi connectivity index (χ2n) is 4.29. The summed E-state index contributed by atoms with van der Waals surface area (Å²) in [6.45, 7) is 0. The maximum absolute atomic E-state index is 11.7. The first-order valence-electron chi connectivity index (χ1n) is 6.32. The average molecular weight is 351 g/mol. The monoisotopic (exact) mass is 350 g/mol. The number of thiocarbonyl (C=S) groups is 1. The van der Waals surface area contributed by atoms with Gasteiger partial charge in [-0.25, -0.2) is 4.79 Å². The molecule has 0 fully saturated rings. The van der Waals surface area contributed by atoms with Crippen LogP contribution in [0.3, 0.4) is 0 Å². The number of anilines is 1. The Hall–Kier alpha value is -2.64. The zero-order valence-corrected chi connectivity index (χ0v) is 13.1. The van der Waals surface area contributed by atoms with Crippen molar-refractivity contribution in [2.24, 2.45) is 0 Å². The second-order valence-corrected chi connectivity index (χ2v) is 5.11. The van der Waals surface area contributed by atoms with Crippen molar-refractivity contribution < 1.29 is 19.1 Å². The van der Waals surface area contributed by atoms with Crippen LogP contribution < -0.4 is 10.6 Å². The van der Waals surface area contributed by atoms with Gasteiger partial charge in [0.15, 0.2) is 5.11 Å². The van der Waals surface area contributed by atoms with Gasteiger partial charge in [0, 0.05) is 11.8 Å². The van der Waals surface area contributed by atoms with Crippen LogP contribution >= 0.6 is 23.8 Å². The summed E-state index contributed by atoms with van der Waals surface area (Å²) >= 11 is 10.8. The predicted molar refractivity (Wildman–Crippen MR) is 90.5 cm³/mol. The van der Waals surface area contributed by atoms with Gasteiger partial charge in [-0.15, -0.1) is 0 Å². The number of furan rings is 1. The molecule has 0 aliphatic heterocycles. The van der Waals surface area contributed by atoms with Gasteiger partial charge in [-0.3, -0.25) is 10.1 Å². The molecule has 0 radical (unpaired) electrons. The van der Waals surface area contributed by atoms with Crippen molar-refractivity contribution in [1.29, 1.82) is 0 Å². The highest BCUT2D eigenvalue weighted by Gasteiger charge is 2.10. The number of halogens is 1. The molecule has 2 rings (SSSR count). The molecular weight excluding hydrogens is 340 g/mol. The van der Waals surface area contributed by atoms with Gasteiger partial charge in [0.25, 0.3) is 0 Å². The fraction of sp³-hybridized carbons (Fsp3) is 0. The lowest BCUT2D eigenvalue weighted by atomic mass is 10.2. The highest BCUT2D eigenvalue weighted by molar-refractivity contribution is 7.80. The minimum atomic E-state index is -1.16. The van der Waals surface area contributed by atoms with E-state index in [1.807, 2.05) is 0 Å². The molecular formula is C15H11ClN2O4S. The third-order valence-electron chi connectivity index (χ3n) is 2.63. The fourth-order valence-corrected chi connectivity index (χ4v) is 2.04. The smallest absolute Gasteiger partial charge is 0.337 e. The second kappa shape index (κ2) is 7.57. The molecule has 0 aliphatic carbocycles. The van der Waals surface area contributed by atoms with Crippen LogP contribution in [0.25, 0.3) is 6.08 Å². The summed E-state index contributed by atoms with van der Waals surface area (Å²) in [6.07, 6.45) is 4.24. The van der Waals surface area contributed by atoms with Gasteiger partial charge in [0.1, 0.15) is 5.76 Å². The maximum atomic E-state index is 11.7. The third kappa shape index (κ3) is 4.94. The van der Waals surface area contributed by atoms with Crippen molar-refractivity contribution >= 4 is 52.6 Å². The molecule has 1 amide bonds. The van der Waals surface area contributed by atoms with Crippen molar-refractivity contribution in [3.63, 3.8) is 0 Å². The van der Waals surface area contributed by atoms with Crippen molar-refractivity contribution in [3.05, 3.63) is 59.0 Å². The van der Waals surface area contributed by atoms with Crippen molar-refractivity contribution in [3.8, 4) is 0 Å². The van der Waals surface area contributed by atoms with Crippen LogP contribution in [0.5, 0.6) is 0 Å². The number of hydrogen-bond donors (Lipinski definition) is 3. The normalized spacial score (nSPS) is 10.5. The number of hydrogen-bond acceptors (Lipinski definition) is 4. The molecule has 1 heterocycles. The lowest BCUT2D eigenvalue weighted by Gasteiger charge is -2.09. The summed E-state index contributed by atoms with van der Waals surface area (Å²) < 4.78 is 5.05. The number of carboxylic acid groups (broad SMARTS) is 1. The van der Waals surface area contributed by atoms with E-state index in [0.29, 0.717) is 11.4 Å². The lowest BCUT2D eigenvalue weighted by Crippen LogP contribution is -2.32. The molecule has 118 valence electrons. The highest BCUT2D eigenvalue weighted by atomic mass is 35.5. The minimum absolute atomic E-state index is 0.0257. The van der Waals surface area contributed by atoms with Crippen LogP contribution in [0.2, 0.25) is 5.02 Å². The maximum Gasteiger partial charge on any atom is 0.337 e. The molecule has 2 aromatic rings. The Morgan fingerprint density at radius 1 is 1.30 bits per heavy atom. The van der Waals surface area contributed by atoms with Crippen LogP contribution in [0.15, 0.2) is 47.1 Å². The summed E-state index contributed by atoms with van der Waals surface area (Å²) in [5, 5.41) is 14.3. The molecule has 6 nitrogen and oxygen atoms in total. The van der Waals surface area contributed by atoms with Crippen LogP contribution in [0, 0.1) is 0 Å². The van der Waals surface area contributed by atoms with Gasteiger partial charge >= 0.3 is 5.97 Å². The fourth-order valence-electron chi connectivity index (χ4n) is 1.63. The first kappa shape index (κ1) is 16.7. The molecule has 0 spiro atoms. The largest absolute Gasteiger partial charge is 0.478 e. The molecule has 0 saturated heterocycles. The molecule has 1 aromatic heterocycles. The van der Waals surface area contributed by atoms with Gasteiger partial charge in [-0.05, 0) is 48.6 Å². The van der Waals surface area contributed by atoms with Gasteiger partial charge in [-0.1, -0.05) is 11.6 Å². The number of carboxylic acids is 1. The first-order valence-corrected chi connectivity index (χ1v) is 7.11. The predicted octanol–water partition coefficient (Wildman–Crippen LogP) is 3.16. The van der Waals surface area contributed by atoms with E-state index in [-0.39, 0.29) is 15.7 Å². The average Bonchev–Trinajstić information content (AvgIpc) is 3.00. The Morgan fingerprint density at radius 3 is 2.74 bits per heavy atom. The van der Waals surface area contributed by atoms with Crippen LogP contribution in [-0.2, 0) is 4.79 Å². The minimum Gasteiger partial charge on any atom is -0.478 e. The van der Waals surface area contributed by atoms with Gasteiger partial charge in [0.2, 0.25) is 5.91 Å². The number of benzene rings is 1. The lowest BCUT2D eigenvalue weighted by molar-refractivity contribution is -0.115. The van der Waals surface area contributed by atoms with E-state index >= 15 is 0 Å². The Morgan fingerprint density at radius 2 is 2.09 bits per heavy atom. The van der Waals surface area contributed by atoms with Gasteiger partial charge in [0.05, 0.1) is 16.8 Å². The Bertz CT molecular complexity index is 772. The van der Waals surface area contributed by atoms with E-state index in [2.05, 4.69) is 10.6 Å². The number of carbonyl (C=O) groups excluding carboxylic acids is 1. The van der Waals surface area contributed by atoms with E-state index in [4.69, 9.17) is 33.3 Å². The first-order chi connectivity index (χ1) is 11.0. The molecule has 3 N–H and O–H groups in total. The molecule has 1 aromatic carbocycles. The molecule has 0 bridgehead atoms. The number of rotatable bonds is 4. The molecule has 23 heavy (non-hydrogen) atoms. The summed E-state index contributed by atoms with van der Waals surface area (Å²) in [6, 6.07) is 7.69. The Labute approximate surface area is 141 Å². The van der Waals surface area contributed by atoms with Crippen LogP contribution in [0.4, 0.5) is 5.69 Å². The van der Waals surface area contributed by atoms with Gasteiger partial charge in [-0.2, -0.15) is 0 Å². The van der Waals surface area contributed by atoms with Crippen molar-refractivity contribution in [2.45, 2.75) is 0 Å². The summed E-state index contributed by atoms with van der Waals surface area (Å²) in [5.41, 5.74) is 0.329. The molecule has 0 unspecified atom stereocenters. The number of carbonyl (C=O) groups is 2. The number of aromatic carboxylic acids is 1. The van der Waals surface area contributed by atoms with E-state index in [1.165, 1.54) is 30.5 Å². The molecule has 8 heteroatoms. The summed E-state index contributed by atoms with van der Waals surface area (Å²) in [4.78, 5) is 22.7.